The Kier molecular flexibility index (Phi) is 5.36. The van der Waals surface area contributed by atoms with Crippen molar-refractivity contribution in [2.24, 2.45) is 23.5 Å². The van der Waals surface area contributed by atoms with Crippen LogP contribution in [0.25, 0.3) is 11.1 Å². The van der Waals surface area contributed by atoms with Crippen LogP contribution in [0.2, 0.25) is 0 Å². The molecule has 0 aromatic heterocycles. The van der Waals surface area contributed by atoms with Gasteiger partial charge in [0.25, 0.3) is 0 Å². The molecule has 4 bridgehead atoms. The topological polar surface area (TPSA) is 86.7 Å². The first-order valence-electron chi connectivity index (χ1n) is 11.9. The van der Waals surface area contributed by atoms with Crippen molar-refractivity contribution in [2.75, 3.05) is 13.2 Å². The van der Waals surface area contributed by atoms with E-state index in [1.807, 2.05) is 24.3 Å². The minimum Gasteiger partial charge on any atom is -0.507 e. The van der Waals surface area contributed by atoms with E-state index in [9.17, 15) is 15.3 Å². The molecule has 0 spiro atoms. The lowest BCUT2D eigenvalue weighted by Crippen LogP contribution is -2.49. The highest BCUT2D eigenvalue weighted by molar-refractivity contribution is 5.73. The Labute approximate surface area is 185 Å². The molecule has 4 saturated carbocycles. The van der Waals surface area contributed by atoms with Gasteiger partial charge in [-0.1, -0.05) is 42.5 Å². The Morgan fingerprint density at radius 3 is 2.00 bits per heavy atom. The molecule has 6 rings (SSSR count). The molecule has 166 valence electrons. The lowest BCUT2D eigenvalue weighted by Gasteiger charge is -2.57. The zero-order chi connectivity index (χ0) is 21.6. The van der Waals surface area contributed by atoms with E-state index in [0.717, 1.165) is 40.0 Å². The molecule has 0 radical (unpaired) electrons. The molecule has 4 nitrogen and oxygen atoms in total. The number of hydrogen-bond donors (Lipinski definition) is 4. The van der Waals surface area contributed by atoms with Crippen LogP contribution in [0, 0.1) is 17.8 Å². The predicted molar refractivity (Wildman–Crippen MR) is 123 cm³/mol. The van der Waals surface area contributed by atoms with E-state index in [4.69, 9.17) is 5.73 Å². The van der Waals surface area contributed by atoms with Crippen LogP contribution in [0.1, 0.15) is 56.1 Å². The first kappa shape index (κ1) is 21.0. The average molecular weight is 422 g/mol. The molecule has 4 heteroatoms. The lowest BCUT2D eigenvalue weighted by molar-refractivity contribution is -0.00657. The highest BCUT2D eigenvalue weighted by atomic mass is 16.3. The average Bonchev–Trinajstić information content (AvgIpc) is 2.77. The molecule has 5 N–H and O–H groups in total. The second-order valence-corrected chi connectivity index (χ2v) is 10.7. The Morgan fingerprint density at radius 1 is 0.871 bits per heavy atom. The highest BCUT2D eigenvalue weighted by Gasteiger charge is 2.53. The molecule has 4 aliphatic rings. The third-order valence-electron chi connectivity index (χ3n) is 8.44. The number of phenols is 1. The van der Waals surface area contributed by atoms with Gasteiger partial charge < -0.3 is 21.1 Å². The normalized spacial score (nSPS) is 29.5. The van der Waals surface area contributed by atoms with Gasteiger partial charge in [0, 0.05) is 16.5 Å². The zero-order valence-corrected chi connectivity index (χ0v) is 18.3. The van der Waals surface area contributed by atoms with Gasteiger partial charge in [0.1, 0.15) is 5.75 Å². The summed E-state index contributed by atoms with van der Waals surface area (Å²) in [5.74, 6) is 2.77. The number of hydrogen-bond acceptors (Lipinski definition) is 4. The summed E-state index contributed by atoms with van der Waals surface area (Å²) in [6.45, 7) is -0.492. The van der Waals surface area contributed by atoms with E-state index in [0.29, 0.717) is 18.6 Å². The fourth-order valence-corrected chi connectivity index (χ4v) is 7.29. The molecular weight excluding hydrogens is 386 g/mol. The molecule has 4 aliphatic carbocycles. The van der Waals surface area contributed by atoms with Gasteiger partial charge in [-0.3, -0.25) is 0 Å². The monoisotopic (exact) mass is 421 g/mol. The lowest BCUT2D eigenvalue weighted by atomic mass is 9.47. The van der Waals surface area contributed by atoms with Gasteiger partial charge in [-0.2, -0.15) is 0 Å². The van der Waals surface area contributed by atoms with Gasteiger partial charge in [0.15, 0.2) is 0 Å². The van der Waals surface area contributed by atoms with Crippen LogP contribution < -0.4 is 5.73 Å². The molecule has 0 aliphatic heterocycles. The van der Waals surface area contributed by atoms with E-state index >= 15 is 0 Å². The smallest absolute Gasteiger partial charge is 0.127 e. The summed E-state index contributed by atoms with van der Waals surface area (Å²) in [5, 5.41) is 31.0. The standard InChI is InChI=1S/C27H35NO3/c28-27(16-29,17-30)9-8-22-6-7-23(21-4-2-1-3-5-21)25(31)24(22)26-13-18-10-19(14-26)12-20(11-18)15-26/h1-7,18-20,29-31H,8-17,28H2. The van der Waals surface area contributed by atoms with Gasteiger partial charge in [0.2, 0.25) is 0 Å². The van der Waals surface area contributed by atoms with E-state index in [2.05, 4.69) is 18.2 Å². The number of aliphatic hydroxyl groups is 2. The summed E-state index contributed by atoms with van der Waals surface area (Å²) < 4.78 is 0. The van der Waals surface area contributed by atoms with Gasteiger partial charge in [0.05, 0.1) is 18.8 Å². The molecule has 0 unspecified atom stereocenters. The second kappa shape index (κ2) is 7.91. The number of rotatable bonds is 7. The molecule has 0 saturated heterocycles. The SMILES string of the molecule is NC(CO)(CO)CCc1ccc(-c2ccccc2)c(O)c1C12CC3CC(CC(C3)C1)C2. The van der Waals surface area contributed by atoms with Gasteiger partial charge in [-0.05, 0) is 80.2 Å². The molecular formula is C27H35NO3. The van der Waals surface area contributed by atoms with Crippen LogP contribution >= 0.6 is 0 Å². The van der Waals surface area contributed by atoms with Crippen LogP contribution in [0.3, 0.4) is 0 Å². The van der Waals surface area contributed by atoms with E-state index in [-0.39, 0.29) is 18.6 Å². The summed E-state index contributed by atoms with van der Waals surface area (Å²) in [6.07, 6.45) is 8.72. The Balaban J connectivity index is 1.60. The third kappa shape index (κ3) is 3.69. The highest BCUT2D eigenvalue weighted by Crippen LogP contribution is 2.63. The quantitative estimate of drug-likeness (QED) is 0.541. The number of aliphatic hydroxyl groups excluding tert-OH is 2. The number of aromatic hydroxyl groups is 1. The first-order chi connectivity index (χ1) is 15.0. The fraction of sp³-hybridized carbons (Fsp3) is 0.556. The van der Waals surface area contributed by atoms with Crippen molar-refractivity contribution in [1.82, 2.24) is 0 Å². The van der Waals surface area contributed by atoms with Crippen molar-refractivity contribution in [3.63, 3.8) is 0 Å². The number of benzene rings is 2. The maximum atomic E-state index is 11.7. The summed E-state index contributed by atoms with van der Waals surface area (Å²) >= 11 is 0. The van der Waals surface area contributed by atoms with E-state index in [1.165, 1.54) is 38.5 Å². The minimum absolute atomic E-state index is 0.0502. The van der Waals surface area contributed by atoms with Crippen LogP contribution in [0.15, 0.2) is 42.5 Å². The van der Waals surface area contributed by atoms with Crippen molar-refractivity contribution < 1.29 is 15.3 Å². The molecule has 2 aromatic carbocycles. The van der Waals surface area contributed by atoms with Gasteiger partial charge in [-0.25, -0.2) is 0 Å². The van der Waals surface area contributed by atoms with Crippen LogP contribution in [-0.4, -0.2) is 34.1 Å². The number of phenolic OH excluding ortho intramolecular Hbond substituents is 1. The van der Waals surface area contributed by atoms with Crippen LogP contribution in [0.4, 0.5) is 0 Å². The Morgan fingerprint density at radius 2 is 1.45 bits per heavy atom. The van der Waals surface area contributed by atoms with Crippen LogP contribution in [-0.2, 0) is 11.8 Å². The van der Waals surface area contributed by atoms with Crippen LogP contribution in [0.5, 0.6) is 5.75 Å². The van der Waals surface area contributed by atoms with Gasteiger partial charge in [-0.15, -0.1) is 0 Å². The zero-order valence-electron chi connectivity index (χ0n) is 18.3. The molecule has 0 amide bonds. The van der Waals surface area contributed by atoms with Gasteiger partial charge >= 0.3 is 0 Å². The minimum atomic E-state index is -0.994. The molecule has 2 aromatic rings. The van der Waals surface area contributed by atoms with Crippen molar-refractivity contribution in [1.29, 1.82) is 0 Å². The van der Waals surface area contributed by atoms with E-state index in [1.54, 1.807) is 0 Å². The summed E-state index contributed by atoms with van der Waals surface area (Å²) in [5.41, 5.74) is 9.46. The number of nitrogens with two attached hydrogens (primary N) is 1. The van der Waals surface area contributed by atoms with Crippen molar-refractivity contribution >= 4 is 0 Å². The Hall–Kier alpha value is -1.88. The van der Waals surface area contributed by atoms with Crippen molar-refractivity contribution in [3.8, 4) is 16.9 Å². The second-order valence-electron chi connectivity index (χ2n) is 10.7. The summed E-state index contributed by atoms with van der Waals surface area (Å²) in [7, 11) is 0. The fourth-order valence-electron chi connectivity index (χ4n) is 7.29. The van der Waals surface area contributed by atoms with Crippen molar-refractivity contribution in [2.45, 2.75) is 62.3 Å². The third-order valence-corrected chi connectivity index (χ3v) is 8.44. The van der Waals surface area contributed by atoms with Crippen molar-refractivity contribution in [3.05, 3.63) is 53.6 Å². The number of aryl methyl sites for hydroxylation is 1. The first-order valence-corrected chi connectivity index (χ1v) is 11.9. The maximum absolute atomic E-state index is 11.7. The summed E-state index contributed by atoms with van der Waals surface area (Å²) in [6, 6.07) is 14.3. The largest absolute Gasteiger partial charge is 0.507 e. The molecule has 31 heavy (non-hydrogen) atoms. The predicted octanol–water partition coefficient (Wildman–Crippen LogP) is 4.14. The maximum Gasteiger partial charge on any atom is 0.127 e. The Bertz CT molecular complexity index is 900. The summed E-state index contributed by atoms with van der Waals surface area (Å²) in [4.78, 5) is 0. The van der Waals surface area contributed by atoms with E-state index < -0.39 is 5.54 Å². The molecule has 4 fully saturated rings. The molecule has 0 atom stereocenters. The molecule has 0 heterocycles.